The van der Waals surface area contributed by atoms with E-state index in [2.05, 4.69) is 15.6 Å². The smallest absolute Gasteiger partial charge is 0.339 e. The van der Waals surface area contributed by atoms with Crippen molar-refractivity contribution in [3.05, 3.63) is 24.0 Å². The molecule has 2 saturated heterocycles. The van der Waals surface area contributed by atoms with E-state index in [1.165, 1.54) is 25.9 Å². The first-order chi connectivity index (χ1) is 14.1. The maximum atomic E-state index is 12.3. The van der Waals surface area contributed by atoms with Crippen molar-refractivity contribution in [1.82, 2.24) is 15.6 Å². The van der Waals surface area contributed by atoms with Crippen LogP contribution in [0.15, 0.2) is 18.5 Å². The van der Waals surface area contributed by atoms with Crippen molar-refractivity contribution in [1.29, 1.82) is 0 Å². The summed E-state index contributed by atoms with van der Waals surface area (Å²) in [5.74, 6) is -0.0361. The Morgan fingerprint density at radius 2 is 1.86 bits per heavy atom. The van der Waals surface area contributed by atoms with Gasteiger partial charge < -0.3 is 29.6 Å². The molecule has 4 rings (SSSR count). The number of ether oxygens (including phenoxy) is 4. The Hall–Kier alpha value is -2.39. The standard InChI is InChI=1S/C20H27N3O6/c1-26-19(24)12-7-14(9-21-8-12)29-16-11-28-17-15(10-27-18(16)17)23-20(25)22-13-5-3-2-4-6-13/h7-9,13,15-18H,2-6,10-11H2,1H3,(H2,22,23,25)/t15-,16-,17+,18+/m0/s1. The number of pyridine rings is 1. The van der Waals surface area contributed by atoms with Crippen LogP contribution in [-0.4, -0.2) is 67.7 Å². The Bertz CT molecular complexity index is 739. The normalized spacial score (nSPS) is 29.1. The average molecular weight is 405 g/mol. The molecule has 3 heterocycles. The van der Waals surface area contributed by atoms with Crippen LogP contribution < -0.4 is 15.4 Å². The lowest BCUT2D eigenvalue weighted by molar-refractivity contribution is 0.0301. The Balaban J connectivity index is 1.31. The van der Waals surface area contributed by atoms with E-state index in [-0.39, 0.29) is 36.4 Å². The summed E-state index contributed by atoms with van der Waals surface area (Å²) in [5.41, 5.74) is 0.312. The molecule has 1 saturated carbocycles. The fraction of sp³-hybridized carbons (Fsp3) is 0.650. The van der Waals surface area contributed by atoms with E-state index in [9.17, 15) is 9.59 Å². The molecule has 0 radical (unpaired) electrons. The number of carbonyl (C=O) groups excluding carboxylic acids is 2. The first-order valence-corrected chi connectivity index (χ1v) is 10.1. The highest BCUT2D eigenvalue weighted by atomic mass is 16.6. The monoisotopic (exact) mass is 405 g/mol. The van der Waals surface area contributed by atoms with Crippen molar-refractivity contribution in [2.24, 2.45) is 0 Å². The third-order valence-electron chi connectivity index (χ3n) is 5.69. The van der Waals surface area contributed by atoms with E-state index >= 15 is 0 Å². The maximum absolute atomic E-state index is 12.3. The second-order valence-electron chi connectivity index (χ2n) is 7.71. The van der Waals surface area contributed by atoms with E-state index in [4.69, 9.17) is 18.9 Å². The van der Waals surface area contributed by atoms with Crippen LogP contribution in [0.25, 0.3) is 0 Å². The molecule has 1 aromatic rings. The summed E-state index contributed by atoms with van der Waals surface area (Å²) in [6.45, 7) is 0.702. The predicted molar refractivity (Wildman–Crippen MR) is 102 cm³/mol. The van der Waals surface area contributed by atoms with Gasteiger partial charge in [0.1, 0.15) is 18.0 Å². The number of methoxy groups -OCH3 is 1. The quantitative estimate of drug-likeness (QED) is 0.713. The topological polar surface area (TPSA) is 108 Å². The van der Waals surface area contributed by atoms with Crippen molar-refractivity contribution in [2.45, 2.75) is 62.5 Å². The highest BCUT2D eigenvalue weighted by molar-refractivity contribution is 5.89. The minimum Gasteiger partial charge on any atom is -0.484 e. The van der Waals surface area contributed by atoms with Gasteiger partial charge in [-0.2, -0.15) is 0 Å². The average Bonchev–Trinajstić information content (AvgIpc) is 3.32. The van der Waals surface area contributed by atoms with Crippen LogP contribution in [0.5, 0.6) is 5.75 Å². The van der Waals surface area contributed by atoms with Gasteiger partial charge in [-0.3, -0.25) is 4.98 Å². The van der Waals surface area contributed by atoms with Gasteiger partial charge in [0, 0.05) is 12.2 Å². The summed E-state index contributed by atoms with van der Waals surface area (Å²) in [5, 5.41) is 6.04. The summed E-state index contributed by atoms with van der Waals surface area (Å²) < 4.78 is 22.4. The first kappa shape index (κ1) is 19.9. The van der Waals surface area contributed by atoms with Gasteiger partial charge in [-0.05, 0) is 18.9 Å². The lowest BCUT2D eigenvalue weighted by atomic mass is 9.96. The van der Waals surface area contributed by atoms with E-state index in [1.54, 1.807) is 6.07 Å². The Kier molecular flexibility index (Phi) is 6.15. The summed E-state index contributed by atoms with van der Waals surface area (Å²) in [6.07, 6.45) is 7.68. The van der Waals surface area contributed by atoms with Gasteiger partial charge in [-0.15, -0.1) is 0 Å². The van der Waals surface area contributed by atoms with Gasteiger partial charge in [0.2, 0.25) is 0 Å². The molecule has 0 spiro atoms. The Morgan fingerprint density at radius 3 is 2.66 bits per heavy atom. The molecule has 3 fully saturated rings. The molecule has 0 unspecified atom stereocenters. The summed E-state index contributed by atoms with van der Waals surface area (Å²) in [6, 6.07) is 1.43. The molecular formula is C20H27N3O6. The molecule has 4 atom stereocenters. The molecule has 1 aliphatic carbocycles. The summed E-state index contributed by atoms with van der Waals surface area (Å²) >= 11 is 0. The minimum atomic E-state index is -0.478. The van der Waals surface area contributed by atoms with Crippen LogP contribution in [0.4, 0.5) is 4.79 Å². The van der Waals surface area contributed by atoms with Gasteiger partial charge in [0.25, 0.3) is 0 Å². The SMILES string of the molecule is COC(=O)c1cncc(O[C@H]2CO[C@H]3[C@@H]2OC[C@@H]3NC(=O)NC2CCCCC2)c1. The van der Waals surface area contributed by atoms with Crippen LogP contribution >= 0.6 is 0 Å². The van der Waals surface area contributed by atoms with Gasteiger partial charge in [-0.25, -0.2) is 9.59 Å². The number of rotatable bonds is 5. The van der Waals surface area contributed by atoms with Crippen LogP contribution in [-0.2, 0) is 14.2 Å². The van der Waals surface area contributed by atoms with Crippen molar-refractivity contribution >= 4 is 12.0 Å². The van der Waals surface area contributed by atoms with Gasteiger partial charge in [0.15, 0.2) is 6.10 Å². The van der Waals surface area contributed by atoms with E-state index in [1.807, 2.05) is 0 Å². The highest BCUT2D eigenvalue weighted by Gasteiger charge is 2.49. The second-order valence-corrected chi connectivity index (χ2v) is 7.71. The van der Waals surface area contributed by atoms with Gasteiger partial charge in [-0.1, -0.05) is 19.3 Å². The minimum absolute atomic E-state index is 0.172. The lowest BCUT2D eigenvalue weighted by Gasteiger charge is -2.24. The number of fused-ring (bicyclic) bond motifs is 1. The molecule has 3 aliphatic rings. The van der Waals surface area contributed by atoms with Crippen LogP contribution in [0.2, 0.25) is 0 Å². The van der Waals surface area contributed by atoms with Crippen molar-refractivity contribution in [3.63, 3.8) is 0 Å². The van der Waals surface area contributed by atoms with Crippen molar-refractivity contribution < 1.29 is 28.5 Å². The Morgan fingerprint density at radius 1 is 1.07 bits per heavy atom. The summed E-state index contributed by atoms with van der Waals surface area (Å²) in [4.78, 5) is 28.0. The molecule has 0 aromatic carbocycles. The number of nitrogens with one attached hydrogen (secondary N) is 2. The first-order valence-electron chi connectivity index (χ1n) is 10.1. The maximum Gasteiger partial charge on any atom is 0.339 e. The van der Waals surface area contributed by atoms with Crippen LogP contribution in [0.3, 0.4) is 0 Å². The predicted octanol–water partition coefficient (Wildman–Crippen LogP) is 1.41. The van der Waals surface area contributed by atoms with Gasteiger partial charge in [0.05, 0.1) is 38.1 Å². The number of carbonyl (C=O) groups is 2. The third kappa shape index (κ3) is 4.62. The van der Waals surface area contributed by atoms with Crippen LogP contribution in [0, 0.1) is 0 Å². The molecule has 1 aromatic heterocycles. The van der Waals surface area contributed by atoms with Crippen molar-refractivity contribution in [2.75, 3.05) is 20.3 Å². The van der Waals surface area contributed by atoms with Crippen molar-refractivity contribution in [3.8, 4) is 5.75 Å². The van der Waals surface area contributed by atoms with Gasteiger partial charge >= 0.3 is 12.0 Å². The lowest BCUT2D eigenvalue weighted by Crippen LogP contribution is -2.51. The zero-order valence-electron chi connectivity index (χ0n) is 16.5. The second kappa shape index (κ2) is 8.96. The highest BCUT2D eigenvalue weighted by Crippen LogP contribution is 2.30. The molecule has 2 N–H and O–H groups in total. The number of amides is 2. The molecule has 29 heavy (non-hydrogen) atoms. The molecule has 9 nitrogen and oxygen atoms in total. The molecule has 2 amide bonds. The number of nitrogens with zero attached hydrogens (tertiary/aromatic N) is 1. The molecular weight excluding hydrogens is 378 g/mol. The summed E-state index contributed by atoms with van der Waals surface area (Å²) in [7, 11) is 1.31. The van der Waals surface area contributed by atoms with Crippen LogP contribution in [0.1, 0.15) is 42.5 Å². The third-order valence-corrected chi connectivity index (χ3v) is 5.69. The number of urea groups is 1. The number of hydrogen-bond donors (Lipinski definition) is 2. The number of esters is 1. The number of hydrogen-bond acceptors (Lipinski definition) is 7. The fourth-order valence-electron chi connectivity index (χ4n) is 4.22. The molecule has 0 bridgehead atoms. The van der Waals surface area contributed by atoms with E-state index < -0.39 is 5.97 Å². The molecule has 9 heteroatoms. The van der Waals surface area contributed by atoms with E-state index in [0.717, 1.165) is 25.7 Å². The largest absolute Gasteiger partial charge is 0.484 e. The fourth-order valence-corrected chi connectivity index (χ4v) is 4.22. The zero-order chi connectivity index (χ0) is 20.2. The number of aromatic nitrogens is 1. The zero-order valence-corrected chi connectivity index (χ0v) is 16.5. The van der Waals surface area contributed by atoms with E-state index in [0.29, 0.717) is 24.5 Å². The molecule has 158 valence electrons. The Labute approximate surface area is 169 Å². The molecule has 2 aliphatic heterocycles.